The van der Waals surface area contributed by atoms with Crippen LogP contribution in [0.5, 0.6) is 0 Å². The van der Waals surface area contributed by atoms with Crippen LogP contribution in [0.15, 0.2) is 122 Å². The molecular weight excluding hydrogens is 1020 g/mol. The van der Waals surface area contributed by atoms with Gasteiger partial charge >= 0.3 is 17.9 Å². The third-order valence-corrected chi connectivity index (χ3v) is 15.0. The van der Waals surface area contributed by atoms with Crippen LogP contribution in [-0.2, 0) is 28.6 Å². The molecule has 1 atom stereocenters. The molecule has 0 heterocycles. The number of hydrogen-bond donors (Lipinski definition) is 0. The summed E-state index contributed by atoms with van der Waals surface area (Å²) >= 11 is 0. The van der Waals surface area contributed by atoms with Crippen LogP contribution < -0.4 is 0 Å². The van der Waals surface area contributed by atoms with E-state index in [0.717, 1.165) is 116 Å². The molecule has 83 heavy (non-hydrogen) atoms. The zero-order valence-corrected chi connectivity index (χ0v) is 54.4. The van der Waals surface area contributed by atoms with E-state index < -0.39 is 6.10 Å². The molecule has 1 unspecified atom stereocenters. The first-order valence-corrected chi connectivity index (χ1v) is 35.0. The minimum atomic E-state index is -0.781. The second-order valence-electron chi connectivity index (χ2n) is 23.1. The van der Waals surface area contributed by atoms with Crippen molar-refractivity contribution in [3.8, 4) is 0 Å². The van der Waals surface area contributed by atoms with E-state index in [4.69, 9.17) is 14.2 Å². The van der Waals surface area contributed by atoms with Gasteiger partial charge in [0.25, 0.3) is 0 Å². The Labute approximate surface area is 513 Å². The Bertz CT molecular complexity index is 1700. The largest absolute Gasteiger partial charge is 0.462 e. The lowest BCUT2D eigenvalue weighted by Crippen LogP contribution is -2.30. The van der Waals surface area contributed by atoms with E-state index >= 15 is 0 Å². The molecule has 0 bridgehead atoms. The van der Waals surface area contributed by atoms with Gasteiger partial charge in [0.05, 0.1) is 0 Å². The highest BCUT2D eigenvalue weighted by Crippen LogP contribution is 2.16. The van der Waals surface area contributed by atoms with Crippen molar-refractivity contribution in [3.63, 3.8) is 0 Å². The molecule has 0 radical (unpaired) electrons. The Morgan fingerprint density at radius 1 is 0.253 bits per heavy atom. The minimum absolute atomic E-state index is 0.0794. The summed E-state index contributed by atoms with van der Waals surface area (Å²) in [6, 6.07) is 0. The molecule has 0 aliphatic rings. The summed E-state index contributed by atoms with van der Waals surface area (Å²) in [4.78, 5) is 38.2. The van der Waals surface area contributed by atoms with Crippen molar-refractivity contribution >= 4 is 17.9 Å². The number of allylic oxidation sites excluding steroid dienone is 20. The highest BCUT2D eigenvalue weighted by atomic mass is 16.6. The predicted molar refractivity (Wildman–Crippen MR) is 362 cm³/mol. The quantitative estimate of drug-likeness (QED) is 0.0261. The van der Waals surface area contributed by atoms with E-state index in [1.807, 2.05) is 0 Å². The van der Waals surface area contributed by atoms with Gasteiger partial charge in [-0.3, -0.25) is 14.4 Å². The third kappa shape index (κ3) is 68.5. The van der Waals surface area contributed by atoms with Crippen LogP contribution in [0, 0.1) is 0 Å². The number of rotatable bonds is 63. The van der Waals surface area contributed by atoms with Gasteiger partial charge in [-0.15, -0.1) is 0 Å². The lowest BCUT2D eigenvalue weighted by molar-refractivity contribution is -0.167. The predicted octanol–water partition coefficient (Wildman–Crippen LogP) is 24.3. The monoisotopic (exact) mass is 1150 g/mol. The average molecular weight is 1150 g/mol. The van der Waals surface area contributed by atoms with E-state index in [0.29, 0.717) is 19.3 Å². The van der Waals surface area contributed by atoms with Crippen LogP contribution >= 0.6 is 0 Å². The zero-order valence-electron chi connectivity index (χ0n) is 54.4. The van der Waals surface area contributed by atoms with Gasteiger partial charge in [-0.2, -0.15) is 0 Å². The maximum absolute atomic E-state index is 12.9. The summed E-state index contributed by atoms with van der Waals surface area (Å²) in [5.41, 5.74) is 0. The van der Waals surface area contributed by atoms with Crippen LogP contribution in [0.2, 0.25) is 0 Å². The van der Waals surface area contributed by atoms with Gasteiger partial charge in [0.2, 0.25) is 0 Å². The standard InChI is InChI=1S/C77H130O6/c1-4-7-10-13-16-18-20-22-24-26-28-30-32-34-35-36-37-38-39-40-41-43-44-46-48-50-52-54-56-58-61-64-67-70-76(79)82-73-74(72-81-75(78)69-66-63-60-15-12-9-6-3)83-77(80)71-68-65-62-59-57-55-53-51-49-47-45-42-33-31-29-27-25-23-21-19-17-14-11-8-5-2/h7,10,16,18,21-24,27-30,33-35,37-38,40-42,74H,4-6,8-9,11-15,17,19-20,25-26,31-32,36,39,43-73H2,1-3H3/b10-7-,18-16-,23-21-,24-22-,29-27-,30-28-,35-34-,38-37-,41-40-,42-33-. The Morgan fingerprint density at radius 2 is 0.470 bits per heavy atom. The maximum atomic E-state index is 12.9. The van der Waals surface area contributed by atoms with Crippen LogP contribution in [0.3, 0.4) is 0 Å². The van der Waals surface area contributed by atoms with Crippen molar-refractivity contribution in [2.75, 3.05) is 13.2 Å². The summed E-state index contributed by atoms with van der Waals surface area (Å²) in [6.07, 6.45) is 98.2. The number of unbranched alkanes of at least 4 members (excludes halogenated alkanes) is 32. The van der Waals surface area contributed by atoms with E-state index in [1.54, 1.807) is 0 Å². The summed E-state index contributed by atoms with van der Waals surface area (Å²) in [5.74, 6) is -0.884. The number of carbonyl (C=O) groups is 3. The Morgan fingerprint density at radius 3 is 0.735 bits per heavy atom. The van der Waals surface area contributed by atoms with Crippen molar-refractivity contribution in [2.24, 2.45) is 0 Å². The third-order valence-electron chi connectivity index (χ3n) is 15.0. The van der Waals surface area contributed by atoms with Crippen molar-refractivity contribution in [1.82, 2.24) is 0 Å². The number of carbonyl (C=O) groups excluding carboxylic acids is 3. The normalized spacial score (nSPS) is 12.9. The van der Waals surface area contributed by atoms with Crippen LogP contribution in [0.25, 0.3) is 0 Å². The Hall–Kier alpha value is -4.19. The zero-order chi connectivity index (χ0) is 59.9. The van der Waals surface area contributed by atoms with Crippen molar-refractivity contribution in [2.45, 2.75) is 335 Å². The van der Waals surface area contributed by atoms with Crippen molar-refractivity contribution in [1.29, 1.82) is 0 Å². The van der Waals surface area contributed by atoms with Gasteiger partial charge in [0.1, 0.15) is 13.2 Å². The number of esters is 3. The average Bonchev–Trinajstić information content (AvgIpc) is 3.50. The van der Waals surface area contributed by atoms with E-state index in [-0.39, 0.29) is 31.1 Å². The topological polar surface area (TPSA) is 78.9 Å². The summed E-state index contributed by atoms with van der Waals surface area (Å²) in [6.45, 7) is 6.49. The highest BCUT2D eigenvalue weighted by Gasteiger charge is 2.19. The number of hydrogen-bond acceptors (Lipinski definition) is 6. The summed E-state index contributed by atoms with van der Waals surface area (Å²) in [5, 5.41) is 0. The Kier molecular flexibility index (Phi) is 66.7. The molecule has 0 rings (SSSR count). The van der Waals surface area contributed by atoms with Crippen molar-refractivity contribution in [3.05, 3.63) is 122 Å². The second-order valence-corrected chi connectivity index (χ2v) is 23.1. The molecular formula is C77H130O6. The fourth-order valence-electron chi connectivity index (χ4n) is 9.73. The van der Waals surface area contributed by atoms with Crippen LogP contribution in [0.4, 0.5) is 0 Å². The molecule has 474 valence electrons. The van der Waals surface area contributed by atoms with Gasteiger partial charge < -0.3 is 14.2 Å². The molecule has 0 aliphatic carbocycles. The summed E-state index contributed by atoms with van der Waals surface area (Å²) in [7, 11) is 0. The fourth-order valence-corrected chi connectivity index (χ4v) is 9.73. The summed E-state index contributed by atoms with van der Waals surface area (Å²) < 4.78 is 16.9. The lowest BCUT2D eigenvalue weighted by atomic mass is 10.0. The van der Waals surface area contributed by atoms with E-state index in [1.165, 1.54) is 173 Å². The van der Waals surface area contributed by atoms with Gasteiger partial charge in [0, 0.05) is 19.3 Å². The van der Waals surface area contributed by atoms with E-state index in [2.05, 4.69) is 142 Å². The van der Waals surface area contributed by atoms with Crippen LogP contribution in [-0.4, -0.2) is 37.2 Å². The Balaban J connectivity index is 4.11. The van der Waals surface area contributed by atoms with Gasteiger partial charge in [0.15, 0.2) is 6.10 Å². The van der Waals surface area contributed by atoms with Crippen molar-refractivity contribution < 1.29 is 28.6 Å². The van der Waals surface area contributed by atoms with Gasteiger partial charge in [-0.25, -0.2) is 0 Å². The minimum Gasteiger partial charge on any atom is -0.462 e. The lowest BCUT2D eigenvalue weighted by Gasteiger charge is -2.18. The molecule has 0 amide bonds. The van der Waals surface area contributed by atoms with E-state index in [9.17, 15) is 14.4 Å². The molecule has 0 aromatic heterocycles. The smallest absolute Gasteiger partial charge is 0.306 e. The maximum Gasteiger partial charge on any atom is 0.306 e. The number of ether oxygens (including phenoxy) is 3. The first kappa shape index (κ1) is 78.8. The molecule has 6 heteroatoms. The van der Waals surface area contributed by atoms with Gasteiger partial charge in [-0.05, 0) is 116 Å². The molecule has 0 saturated carbocycles. The molecule has 0 aromatic carbocycles. The fraction of sp³-hybridized carbons (Fsp3) is 0.701. The molecule has 0 aromatic rings. The molecule has 0 N–H and O–H groups in total. The second kappa shape index (κ2) is 70.3. The molecule has 0 saturated heterocycles. The molecule has 0 spiro atoms. The molecule has 6 nitrogen and oxygen atoms in total. The van der Waals surface area contributed by atoms with Crippen LogP contribution in [0.1, 0.15) is 329 Å². The molecule has 0 fully saturated rings. The highest BCUT2D eigenvalue weighted by molar-refractivity contribution is 5.71. The first-order chi connectivity index (χ1) is 41.0. The molecule has 0 aliphatic heterocycles. The van der Waals surface area contributed by atoms with Gasteiger partial charge in [-0.1, -0.05) is 316 Å². The first-order valence-electron chi connectivity index (χ1n) is 35.0. The SMILES string of the molecule is CC/C=C\C/C=C\C/C=C\C/C=C\C/C=C\C/C=C\C/C=C\CCCCCCCCCCCCCC(=O)OCC(COC(=O)CCCCCCCCC)OC(=O)CCCCCCCCCCCC/C=C\C/C=C\C/C=C\CCCCCCC.